The molecule has 12 atom stereocenters. The highest BCUT2D eigenvalue weighted by Crippen LogP contribution is 2.68. The maximum Gasteiger partial charge on any atom is 0.220 e. The van der Waals surface area contributed by atoms with Crippen molar-refractivity contribution < 1.29 is 42.7 Å². The summed E-state index contributed by atoms with van der Waals surface area (Å²) in [5.41, 5.74) is -0.229. The molecule has 0 aromatic carbocycles. The van der Waals surface area contributed by atoms with Crippen LogP contribution in [0.3, 0.4) is 0 Å². The number of aliphatic hydroxyl groups is 4. The fourth-order valence-electron chi connectivity index (χ4n) is 10.5. The van der Waals surface area contributed by atoms with Gasteiger partial charge in [-0.25, -0.2) is 8.42 Å². The van der Waals surface area contributed by atoms with Crippen LogP contribution in [-0.2, 0) is 14.9 Å². The molecule has 4 aliphatic rings. The van der Waals surface area contributed by atoms with E-state index in [0.29, 0.717) is 42.8 Å². The van der Waals surface area contributed by atoms with Gasteiger partial charge in [-0.2, -0.15) is 0 Å². The topological polar surface area (TPSA) is 167 Å². The minimum absolute atomic E-state index is 0.0141. The number of fused-ring (bicyclic) bond motifs is 5. The molecule has 11 heteroatoms. The lowest BCUT2D eigenvalue weighted by Crippen LogP contribution is -2.62. The van der Waals surface area contributed by atoms with E-state index in [0.717, 1.165) is 44.9 Å². The second-order valence-corrected chi connectivity index (χ2v) is 17.4. The van der Waals surface area contributed by atoms with Crippen molar-refractivity contribution >= 4 is 16.0 Å². The van der Waals surface area contributed by atoms with Crippen LogP contribution in [-0.4, -0.2) is 108 Å². The van der Waals surface area contributed by atoms with Crippen LogP contribution < -0.4 is 5.32 Å². The van der Waals surface area contributed by atoms with Gasteiger partial charge in [0.1, 0.15) is 12.6 Å². The van der Waals surface area contributed by atoms with Gasteiger partial charge < -0.3 is 34.8 Å². The van der Waals surface area contributed by atoms with Crippen molar-refractivity contribution in [2.24, 2.45) is 46.3 Å². The van der Waals surface area contributed by atoms with E-state index < -0.39 is 34.2 Å². The maximum atomic E-state index is 12.7. The third-order valence-electron chi connectivity index (χ3n) is 12.7. The van der Waals surface area contributed by atoms with Gasteiger partial charge in [-0.1, -0.05) is 20.8 Å². The molecule has 0 bridgehead atoms. The number of quaternary nitrogens is 1. The van der Waals surface area contributed by atoms with E-state index in [4.69, 9.17) is 0 Å². The van der Waals surface area contributed by atoms with Crippen LogP contribution in [0.15, 0.2) is 0 Å². The Morgan fingerprint density at radius 3 is 2.44 bits per heavy atom. The Bertz CT molecular complexity index is 1090. The van der Waals surface area contributed by atoms with Crippen LogP contribution in [0.5, 0.6) is 0 Å². The Balaban J connectivity index is 1.27. The number of rotatable bonds is 12. The lowest BCUT2D eigenvalue weighted by Gasteiger charge is -2.63. The second kappa shape index (κ2) is 13.1. The number of carbonyl (C=O) groups excluding carboxylic acids is 1. The van der Waals surface area contributed by atoms with E-state index in [2.05, 4.69) is 26.1 Å². The minimum Gasteiger partial charge on any atom is -0.748 e. The van der Waals surface area contributed by atoms with Gasteiger partial charge in [0.2, 0.25) is 5.91 Å². The van der Waals surface area contributed by atoms with E-state index in [1.807, 2.05) is 14.1 Å². The molecule has 0 heterocycles. The van der Waals surface area contributed by atoms with Gasteiger partial charge in [-0.15, -0.1) is 0 Å². The maximum absolute atomic E-state index is 12.7. The van der Waals surface area contributed by atoms with Crippen molar-refractivity contribution in [3.63, 3.8) is 0 Å². The Labute approximate surface area is 259 Å². The summed E-state index contributed by atoms with van der Waals surface area (Å²) < 4.78 is 33.0. The van der Waals surface area contributed by atoms with Gasteiger partial charge in [0.15, 0.2) is 0 Å². The van der Waals surface area contributed by atoms with Gasteiger partial charge in [0.25, 0.3) is 0 Å². The molecule has 10 nitrogen and oxygen atoms in total. The number of aliphatic hydroxyl groups excluding tert-OH is 4. The van der Waals surface area contributed by atoms with Crippen LogP contribution >= 0.6 is 0 Å². The highest BCUT2D eigenvalue weighted by atomic mass is 32.2. The van der Waals surface area contributed by atoms with Gasteiger partial charge in [0.05, 0.1) is 54.8 Å². The molecular weight excluding hydrogens is 572 g/mol. The summed E-state index contributed by atoms with van der Waals surface area (Å²) in [6.07, 6.45) is 5.44. The summed E-state index contributed by atoms with van der Waals surface area (Å²) in [4.78, 5) is 12.7. The van der Waals surface area contributed by atoms with Crippen molar-refractivity contribution in [1.82, 2.24) is 5.32 Å². The zero-order valence-corrected chi connectivity index (χ0v) is 27.8. The highest BCUT2D eigenvalue weighted by molar-refractivity contribution is 7.85. The van der Waals surface area contributed by atoms with Crippen molar-refractivity contribution in [3.8, 4) is 0 Å². The molecule has 5 N–H and O–H groups in total. The number of likely N-dealkylation sites (N-methyl/N-ethyl adjacent to an activating group) is 1. The molecule has 0 aliphatic heterocycles. The lowest BCUT2D eigenvalue weighted by atomic mass is 9.43. The van der Waals surface area contributed by atoms with E-state index in [9.17, 15) is 38.2 Å². The fourth-order valence-corrected chi connectivity index (χ4v) is 11.0. The molecule has 0 aromatic heterocycles. The lowest BCUT2D eigenvalue weighted by molar-refractivity contribution is -0.893. The first-order chi connectivity index (χ1) is 19.9. The first-order valence-electron chi connectivity index (χ1n) is 16.6. The number of amides is 1. The number of nitrogens with zero attached hydrogens (tertiary/aromatic N) is 1. The number of hydrogen-bond acceptors (Lipinski definition) is 8. The zero-order valence-electron chi connectivity index (χ0n) is 27.0. The molecule has 4 rings (SSSR count). The third-order valence-corrected chi connectivity index (χ3v) is 13.5. The Morgan fingerprint density at radius 1 is 1.07 bits per heavy atom. The fraction of sp³-hybridized carbons (Fsp3) is 0.969. The highest BCUT2D eigenvalue weighted by Gasteiger charge is 2.65. The van der Waals surface area contributed by atoms with Gasteiger partial charge >= 0.3 is 0 Å². The van der Waals surface area contributed by atoms with Crippen LogP contribution in [0.2, 0.25) is 0 Å². The monoisotopic (exact) mass is 630 g/mol. The number of hydrogen-bond donors (Lipinski definition) is 5. The molecule has 0 spiro atoms. The molecule has 250 valence electrons. The minimum atomic E-state index is -4.48. The summed E-state index contributed by atoms with van der Waals surface area (Å²) in [5.74, 6) is 0.749. The van der Waals surface area contributed by atoms with Crippen LogP contribution in [0.4, 0.5) is 0 Å². The smallest absolute Gasteiger partial charge is 0.220 e. The second-order valence-electron chi connectivity index (χ2n) is 16.0. The van der Waals surface area contributed by atoms with Crippen LogP contribution in [0, 0.1) is 46.3 Å². The van der Waals surface area contributed by atoms with Crippen molar-refractivity contribution in [1.29, 1.82) is 0 Å². The molecular formula is C32H58N2O8S. The molecule has 0 saturated heterocycles. The predicted molar refractivity (Wildman–Crippen MR) is 162 cm³/mol. The number of carbonyl (C=O) groups is 1. The number of nitrogens with one attached hydrogen (secondary N) is 1. The Kier molecular flexibility index (Phi) is 10.7. The molecule has 4 aliphatic carbocycles. The van der Waals surface area contributed by atoms with Crippen LogP contribution in [0.25, 0.3) is 0 Å². The summed E-state index contributed by atoms with van der Waals surface area (Å²) in [6.45, 7) is 8.02. The van der Waals surface area contributed by atoms with E-state index in [1.54, 1.807) is 0 Å². The first kappa shape index (κ1) is 35.0. The van der Waals surface area contributed by atoms with Crippen molar-refractivity contribution in [3.05, 3.63) is 0 Å². The Hall–Kier alpha value is -0.820. The van der Waals surface area contributed by atoms with Crippen molar-refractivity contribution in [2.45, 2.75) is 109 Å². The SMILES string of the molecule is CC(CCC(=O)NCCC[N+](C)(C)CC(O)CS(=O)(=O)[O-])C1CCC2C3C(O)CC4CC(O)CC[C@]4(C)C3CC(O)[C@]12C. The molecule has 1 amide bonds. The summed E-state index contributed by atoms with van der Waals surface area (Å²) in [7, 11) is -0.775. The van der Waals surface area contributed by atoms with Gasteiger partial charge in [-0.05, 0) is 97.7 Å². The van der Waals surface area contributed by atoms with Gasteiger partial charge in [0, 0.05) is 19.4 Å². The summed E-state index contributed by atoms with van der Waals surface area (Å²) >= 11 is 0. The van der Waals surface area contributed by atoms with Gasteiger partial charge in [-0.3, -0.25) is 4.79 Å². The molecule has 4 fully saturated rings. The van der Waals surface area contributed by atoms with Crippen LogP contribution in [0.1, 0.15) is 85.0 Å². The predicted octanol–water partition coefficient (Wildman–Crippen LogP) is 1.85. The molecule has 0 radical (unpaired) electrons. The van der Waals surface area contributed by atoms with E-state index in [-0.39, 0.29) is 59.0 Å². The molecule has 10 unspecified atom stereocenters. The normalized spacial score (nSPS) is 41.1. The van der Waals surface area contributed by atoms with E-state index >= 15 is 0 Å². The molecule has 0 aromatic rings. The van der Waals surface area contributed by atoms with E-state index in [1.165, 1.54) is 0 Å². The molecule has 43 heavy (non-hydrogen) atoms. The first-order valence-corrected chi connectivity index (χ1v) is 18.2. The average molecular weight is 631 g/mol. The van der Waals surface area contributed by atoms with Crippen molar-refractivity contribution in [2.75, 3.05) is 39.5 Å². The summed E-state index contributed by atoms with van der Waals surface area (Å²) in [6, 6.07) is 0. The Morgan fingerprint density at radius 2 is 1.77 bits per heavy atom. The standard InChI is InChI=1S/C32H58N2O8S/c1-20(7-10-29(39)33-13-6-14-34(4,5)18-23(36)19-43(40,41)42)24-8-9-25-30-26(17-28(38)32(24,25)3)31(2)12-11-22(35)15-21(31)16-27(30)37/h20-28,30,35-38H,6-19H2,1-5H3,(H-,33,39,40,41,42)/t20?,21?,22?,23?,24?,25?,26?,27?,28?,30?,31-,32+/m0/s1. The quantitative estimate of drug-likeness (QED) is 0.124. The largest absolute Gasteiger partial charge is 0.748 e. The zero-order chi connectivity index (χ0) is 32.0. The molecule has 4 saturated carbocycles. The average Bonchev–Trinajstić information content (AvgIpc) is 3.24. The third kappa shape index (κ3) is 7.60. The summed E-state index contributed by atoms with van der Waals surface area (Å²) in [5, 5.41) is 46.5.